The summed E-state index contributed by atoms with van der Waals surface area (Å²) in [6.45, 7) is 1.87. The summed E-state index contributed by atoms with van der Waals surface area (Å²) < 4.78 is 5.34. The highest BCUT2D eigenvalue weighted by atomic mass is 79.9. The van der Waals surface area contributed by atoms with E-state index in [-0.39, 0.29) is 17.9 Å². The molecule has 0 spiro atoms. The number of phenols is 1. The van der Waals surface area contributed by atoms with Crippen LogP contribution in [0.15, 0.2) is 10.5 Å². The first kappa shape index (κ1) is 13.4. The van der Waals surface area contributed by atoms with Gasteiger partial charge in [-0.15, -0.1) is 0 Å². The standard InChI is InChI=1S/C13H15BrO4/c1-2-18-13(17)12(16)9-6-7-4-3-5-8(7)10(14)11(9)15/h6,12,15-16H,2-5H2,1H3. The summed E-state index contributed by atoms with van der Waals surface area (Å²) in [5, 5.41) is 19.9. The summed E-state index contributed by atoms with van der Waals surface area (Å²) in [6.07, 6.45) is 1.38. The van der Waals surface area contributed by atoms with E-state index < -0.39 is 12.1 Å². The van der Waals surface area contributed by atoms with Gasteiger partial charge in [0.25, 0.3) is 0 Å². The van der Waals surface area contributed by atoms with E-state index in [9.17, 15) is 15.0 Å². The lowest BCUT2D eigenvalue weighted by atomic mass is 10.0. The van der Waals surface area contributed by atoms with Gasteiger partial charge in [-0.1, -0.05) is 0 Å². The predicted molar refractivity (Wildman–Crippen MR) is 69.4 cm³/mol. The molecule has 0 aromatic heterocycles. The van der Waals surface area contributed by atoms with Gasteiger partial charge in [0.2, 0.25) is 0 Å². The monoisotopic (exact) mass is 314 g/mol. The van der Waals surface area contributed by atoms with E-state index >= 15 is 0 Å². The van der Waals surface area contributed by atoms with Crippen molar-refractivity contribution in [3.63, 3.8) is 0 Å². The fraction of sp³-hybridized carbons (Fsp3) is 0.462. The van der Waals surface area contributed by atoms with Crippen LogP contribution in [-0.2, 0) is 22.4 Å². The molecule has 1 atom stereocenters. The Bertz CT molecular complexity index is 484. The first-order chi connectivity index (χ1) is 8.56. The molecule has 1 aromatic rings. The van der Waals surface area contributed by atoms with Crippen molar-refractivity contribution in [3.05, 3.63) is 27.2 Å². The molecule has 0 aliphatic heterocycles. The number of carbonyl (C=O) groups is 1. The average molecular weight is 315 g/mol. The Kier molecular flexibility index (Phi) is 3.92. The molecule has 2 rings (SSSR count). The van der Waals surface area contributed by atoms with Crippen LogP contribution in [-0.4, -0.2) is 22.8 Å². The van der Waals surface area contributed by atoms with E-state index in [0.717, 1.165) is 30.4 Å². The van der Waals surface area contributed by atoms with Crippen molar-refractivity contribution in [2.45, 2.75) is 32.3 Å². The zero-order chi connectivity index (χ0) is 13.3. The number of fused-ring (bicyclic) bond motifs is 1. The fourth-order valence-electron chi connectivity index (χ4n) is 2.26. The van der Waals surface area contributed by atoms with Gasteiger partial charge in [-0.25, -0.2) is 4.79 Å². The van der Waals surface area contributed by atoms with E-state index in [4.69, 9.17) is 4.74 Å². The molecule has 0 radical (unpaired) electrons. The topological polar surface area (TPSA) is 66.8 Å². The second-order valence-corrected chi connectivity index (χ2v) is 5.07. The minimum Gasteiger partial charge on any atom is -0.506 e. The highest BCUT2D eigenvalue weighted by Crippen LogP contribution is 2.40. The Morgan fingerprint density at radius 2 is 2.28 bits per heavy atom. The van der Waals surface area contributed by atoms with Crippen molar-refractivity contribution in [2.75, 3.05) is 6.61 Å². The third-order valence-corrected chi connectivity index (χ3v) is 4.00. The summed E-state index contributed by atoms with van der Waals surface area (Å²) in [6, 6.07) is 1.70. The normalized spacial score (nSPS) is 15.3. The number of aliphatic hydroxyl groups excluding tert-OH is 1. The zero-order valence-electron chi connectivity index (χ0n) is 10.1. The minimum atomic E-state index is -1.44. The summed E-state index contributed by atoms with van der Waals surface area (Å²) in [5.41, 5.74) is 2.34. The number of aliphatic hydroxyl groups is 1. The molecule has 1 unspecified atom stereocenters. The first-order valence-corrected chi connectivity index (χ1v) is 6.73. The van der Waals surface area contributed by atoms with Crippen molar-refractivity contribution < 1.29 is 19.7 Å². The van der Waals surface area contributed by atoms with Crippen LogP contribution in [0.1, 0.15) is 36.1 Å². The van der Waals surface area contributed by atoms with Gasteiger partial charge in [-0.2, -0.15) is 0 Å². The summed E-state index contributed by atoms with van der Waals surface area (Å²) in [4.78, 5) is 11.5. The molecule has 0 bridgehead atoms. The summed E-state index contributed by atoms with van der Waals surface area (Å²) in [7, 11) is 0. The number of phenolic OH excluding ortho intramolecular Hbond substituents is 1. The molecule has 2 N–H and O–H groups in total. The number of benzene rings is 1. The number of hydrogen-bond acceptors (Lipinski definition) is 4. The molecule has 4 nitrogen and oxygen atoms in total. The Labute approximate surface area is 114 Å². The number of rotatable bonds is 3. The lowest BCUT2D eigenvalue weighted by Crippen LogP contribution is -2.16. The van der Waals surface area contributed by atoms with Gasteiger partial charge in [0.15, 0.2) is 6.10 Å². The Morgan fingerprint density at radius 3 is 2.94 bits per heavy atom. The minimum absolute atomic E-state index is 0.0730. The van der Waals surface area contributed by atoms with Crippen LogP contribution in [0.5, 0.6) is 5.75 Å². The van der Waals surface area contributed by atoms with Crippen LogP contribution in [0.25, 0.3) is 0 Å². The first-order valence-electron chi connectivity index (χ1n) is 5.94. The molecule has 1 aromatic carbocycles. The summed E-state index contributed by atoms with van der Waals surface area (Å²) >= 11 is 3.33. The van der Waals surface area contributed by atoms with Crippen molar-refractivity contribution >= 4 is 21.9 Å². The van der Waals surface area contributed by atoms with Crippen molar-refractivity contribution in [2.24, 2.45) is 0 Å². The predicted octanol–water partition coefficient (Wildman–Crippen LogP) is 2.24. The van der Waals surface area contributed by atoms with Crippen molar-refractivity contribution in [3.8, 4) is 5.75 Å². The maximum atomic E-state index is 11.5. The highest BCUT2D eigenvalue weighted by Gasteiger charge is 2.27. The number of hydrogen-bond donors (Lipinski definition) is 2. The number of aryl methyl sites for hydroxylation is 1. The molecule has 18 heavy (non-hydrogen) atoms. The van der Waals surface area contributed by atoms with E-state index in [0.29, 0.717) is 4.47 Å². The van der Waals surface area contributed by atoms with Crippen LogP contribution in [0, 0.1) is 0 Å². The largest absolute Gasteiger partial charge is 0.506 e. The Morgan fingerprint density at radius 1 is 1.56 bits per heavy atom. The number of halogens is 1. The molecule has 0 heterocycles. The van der Waals surface area contributed by atoms with Crippen LogP contribution in [0.2, 0.25) is 0 Å². The highest BCUT2D eigenvalue weighted by molar-refractivity contribution is 9.10. The van der Waals surface area contributed by atoms with Gasteiger partial charge in [0.1, 0.15) is 5.75 Å². The molecule has 0 fully saturated rings. The molecule has 1 aliphatic carbocycles. The lowest BCUT2D eigenvalue weighted by molar-refractivity contribution is -0.153. The van der Waals surface area contributed by atoms with Gasteiger partial charge in [-0.05, 0) is 59.3 Å². The van der Waals surface area contributed by atoms with E-state index in [1.807, 2.05) is 0 Å². The van der Waals surface area contributed by atoms with Gasteiger partial charge in [-0.3, -0.25) is 0 Å². The second-order valence-electron chi connectivity index (χ2n) is 4.27. The Hall–Kier alpha value is -1.07. The SMILES string of the molecule is CCOC(=O)C(O)c1cc2c(c(Br)c1O)CCC2. The smallest absolute Gasteiger partial charge is 0.339 e. The van der Waals surface area contributed by atoms with E-state index in [1.165, 1.54) is 0 Å². The molecular formula is C13H15BrO4. The van der Waals surface area contributed by atoms with Crippen molar-refractivity contribution in [1.29, 1.82) is 0 Å². The number of ether oxygens (including phenoxy) is 1. The van der Waals surface area contributed by atoms with Crippen LogP contribution in [0.3, 0.4) is 0 Å². The van der Waals surface area contributed by atoms with Crippen molar-refractivity contribution in [1.82, 2.24) is 0 Å². The molecule has 0 saturated heterocycles. The maximum absolute atomic E-state index is 11.5. The second kappa shape index (κ2) is 5.28. The zero-order valence-corrected chi connectivity index (χ0v) is 11.7. The van der Waals surface area contributed by atoms with Crippen LogP contribution in [0.4, 0.5) is 0 Å². The quantitative estimate of drug-likeness (QED) is 0.840. The van der Waals surface area contributed by atoms with Gasteiger partial charge < -0.3 is 14.9 Å². The lowest BCUT2D eigenvalue weighted by Gasteiger charge is -2.15. The van der Waals surface area contributed by atoms with Crippen LogP contribution < -0.4 is 0 Å². The van der Waals surface area contributed by atoms with Gasteiger partial charge >= 0.3 is 5.97 Å². The third-order valence-electron chi connectivity index (χ3n) is 3.14. The number of esters is 1. The number of carbonyl (C=O) groups excluding carboxylic acids is 1. The molecule has 1 aliphatic rings. The molecule has 0 saturated carbocycles. The van der Waals surface area contributed by atoms with E-state index in [2.05, 4.69) is 15.9 Å². The Balaban J connectivity index is 2.40. The van der Waals surface area contributed by atoms with Gasteiger partial charge in [0, 0.05) is 5.56 Å². The summed E-state index contributed by atoms with van der Waals surface area (Å²) in [5.74, 6) is -0.811. The van der Waals surface area contributed by atoms with Gasteiger partial charge in [0.05, 0.1) is 11.1 Å². The molecule has 98 valence electrons. The fourth-order valence-corrected chi connectivity index (χ4v) is 2.94. The van der Waals surface area contributed by atoms with E-state index in [1.54, 1.807) is 13.0 Å². The van der Waals surface area contributed by atoms with Crippen LogP contribution >= 0.6 is 15.9 Å². The molecule has 0 amide bonds. The maximum Gasteiger partial charge on any atom is 0.339 e. The average Bonchev–Trinajstić information content (AvgIpc) is 2.81. The molecule has 5 heteroatoms. The number of aromatic hydroxyl groups is 1. The molecular weight excluding hydrogens is 300 g/mol. The third kappa shape index (κ3) is 2.24.